The molecule has 4 aromatic rings. The Kier molecular flexibility index (Phi) is 5.35. The first-order valence-corrected chi connectivity index (χ1v) is 11.0. The summed E-state index contributed by atoms with van der Waals surface area (Å²) in [5.74, 6) is 0.0669. The van der Waals surface area contributed by atoms with E-state index < -0.39 is 6.09 Å². The summed E-state index contributed by atoms with van der Waals surface area (Å²) in [6.07, 6.45) is 5.46. The number of aromatic amines is 1. The van der Waals surface area contributed by atoms with Crippen molar-refractivity contribution in [1.29, 1.82) is 0 Å². The van der Waals surface area contributed by atoms with Crippen molar-refractivity contribution in [3.63, 3.8) is 0 Å². The quantitative estimate of drug-likeness (QED) is 0.349. The third kappa shape index (κ3) is 3.77. The average molecular weight is 473 g/mol. The standard InChI is InChI=1S/C26H21BrN2O2/c27-23-12-5-13-24-25(23)17(15-29-24)7-6-14-28-26(30)31-16-22-20-10-3-1-8-18(20)19-9-2-4-11-21(19)22/h1-13,15,22,29H,14,16H2,(H,28,30). The maximum Gasteiger partial charge on any atom is 0.407 e. The van der Waals surface area contributed by atoms with Crippen LogP contribution in [0.15, 0.2) is 83.5 Å². The Hall–Kier alpha value is -3.31. The van der Waals surface area contributed by atoms with Crippen molar-refractivity contribution in [2.45, 2.75) is 5.92 Å². The Labute approximate surface area is 189 Å². The van der Waals surface area contributed by atoms with E-state index in [-0.39, 0.29) is 5.92 Å². The fourth-order valence-electron chi connectivity index (χ4n) is 4.27. The molecule has 2 N–H and O–H groups in total. The molecule has 0 radical (unpaired) electrons. The first-order chi connectivity index (χ1) is 15.2. The third-order valence-corrected chi connectivity index (χ3v) is 6.35. The monoisotopic (exact) mass is 472 g/mol. The molecule has 1 amide bonds. The summed E-state index contributed by atoms with van der Waals surface area (Å²) >= 11 is 3.59. The molecule has 0 fully saturated rings. The van der Waals surface area contributed by atoms with E-state index in [1.165, 1.54) is 22.3 Å². The Balaban J connectivity index is 1.20. The molecule has 31 heavy (non-hydrogen) atoms. The van der Waals surface area contributed by atoms with Crippen LogP contribution in [0, 0.1) is 0 Å². The van der Waals surface area contributed by atoms with Gasteiger partial charge in [-0.05, 0) is 34.4 Å². The lowest BCUT2D eigenvalue weighted by Crippen LogP contribution is -2.26. The van der Waals surface area contributed by atoms with Gasteiger partial charge in [-0.3, -0.25) is 0 Å². The number of rotatable bonds is 5. The molecule has 0 atom stereocenters. The van der Waals surface area contributed by atoms with Gasteiger partial charge >= 0.3 is 6.09 Å². The highest BCUT2D eigenvalue weighted by Crippen LogP contribution is 2.44. The largest absolute Gasteiger partial charge is 0.449 e. The van der Waals surface area contributed by atoms with Crippen molar-refractivity contribution in [3.05, 3.63) is 100 Å². The number of ether oxygens (including phenoxy) is 1. The molecular weight excluding hydrogens is 452 g/mol. The summed E-state index contributed by atoms with van der Waals surface area (Å²) in [6, 6.07) is 22.7. The number of alkyl carbamates (subject to hydrolysis) is 1. The number of fused-ring (bicyclic) bond motifs is 4. The van der Waals surface area contributed by atoms with E-state index in [0.29, 0.717) is 13.2 Å². The minimum Gasteiger partial charge on any atom is -0.449 e. The van der Waals surface area contributed by atoms with Crippen LogP contribution in [-0.4, -0.2) is 24.2 Å². The number of halogens is 1. The fourth-order valence-corrected chi connectivity index (χ4v) is 4.87. The first-order valence-electron chi connectivity index (χ1n) is 10.2. The van der Waals surface area contributed by atoms with Crippen LogP contribution in [0.4, 0.5) is 4.79 Å². The van der Waals surface area contributed by atoms with Crippen LogP contribution in [0.25, 0.3) is 28.1 Å². The summed E-state index contributed by atoms with van der Waals surface area (Å²) < 4.78 is 6.61. The van der Waals surface area contributed by atoms with Gasteiger partial charge in [0.15, 0.2) is 0 Å². The van der Waals surface area contributed by atoms with E-state index in [0.717, 1.165) is 20.9 Å². The average Bonchev–Trinajstić information content (AvgIpc) is 3.35. The van der Waals surface area contributed by atoms with E-state index in [2.05, 4.69) is 50.5 Å². The van der Waals surface area contributed by atoms with Gasteiger partial charge in [0.05, 0.1) is 0 Å². The Morgan fingerprint density at radius 2 is 1.71 bits per heavy atom. The molecule has 0 saturated heterocycles. The van der Waals surface area contributed by atoms with Crippen molar-refractivity contribution in [2.24, 2.45) is 0 Å². The molecule has 3 aromatic carbocycles. The van der Waals surface area contributed by atoms with Crippen molar-refractivity contribution >= 4 is 39.0 Å². The summed E-state index contributed by atoms with van der Waals surface area (Å²) in [5.41, 5.74) is 7.00. The van der Waals surface area contributed by atoms with Crippen LogP contribution < -0.4 is 5.32 Å². The van der Waals surface area contributed by atoms with Gasteiger partial charge in [0.1, 0.15) is 6.61 Å². The van der Waals surface area contributed by atoms with E-state index in [1.807, 2.05) is 60.8 Å². The van der Waals surface area contributed by atoms with Gasteiger partial charge in [-0.1, -0.05) is 82.7 Å². The molecule has 0 unspecified atom stereocenters. The molecule has 1 aliphatic rings. The number of hydrogen-bond donors (Lipinski definition) is 2. The molecule has 0 saturated carbocycles. The van der Waals surface area contributed by atoms with Gasteiger partial charge in [0.2, 0.25) is 0 Å². The third-order valence-electron chi connectivity index (χ3n) is 5.69. The molecule has 1 aliphatic carbocycles. The molecule has 1 aromatic heterocycles. The summed E-state index contributed by atoms with van der Waals surface area (Å²) in [5, 5.41) is 3.93. The molecular formula is C26H21BrN2O2. The topological polar surface area (TPSA) is 54.1 Å². The van der Waals surface area contributed by atoms with Gasteiger partial charge < -0.3 is 15.0 Å². The van der Waals surface area contributed by atoms with Crippen LogP contribution in [0.5, 0.6) is 0 Å². The maximum atomic E-state index is 12.3. The van der Waals surface area contributed by atoms with Gasteiger partial charge in [0, 0.05) is 39.6 Å². The van der Waals surface area contributed by atoms with Crippen LogP contribution in [0.3, 0.4) is 0 Å². The zero-order chi connectivity index (χ0) is 21.2. The van der Waals surface area contributed by atoms with Crippen molar-refractivity contribution in [2.75, 3.05) is 13.2 Å². The normalized spacial score (nSPS) is 12.8. The number of carbonyl (C=O) groups is 1. The van der Waals surface area contributed by atoms with Crippen LogP contribution >= 0.6 is 15.9 Å². The second-order valence-electron chi connectivity index (χ2n) is 7.52. The maximum absolute atomic E-state index is 12.3. The molecule has 5 heteroatoms. The van der Waals surface area contributed by atoms with Crippen molar-refractivity contribution in [1.82, 2.24) is 10.3 Å². The molecule has 0 aliphatic heterocycles. The predicted octanol–water partition coefficient (Wildman–Crippen LogP) is 6.48. The minimum atomic E-state index is -0.411. The van der Waals surface area contributed by atoms with Crippen LogP contribution in [-0.2, 0) is 4.74 Å². The van der Waals surface area contributed by atoms with E-state index in [9.17, 15) is 4.79 Å². The number of aromatic nitrogens is 1. The van der Waals surface area contributed by atoms with Gasteiger partial charge in [-0.25, -0.2) is 4.79 Å². The van der Waals surface area contributed by atoms with Crippen molar-refractivity contribution in [3.8, 4) is 11.1 Å². The lowest BCUT2D eigenvalue weighted by Gasteiger charge is -2.14. The Morgan fingerprint density at radius 3 is 2.45 bits per heavy atom. The van der Waals surface area contributed by atoms with E-state index in [4.69, 9.17) is 4.74 Å². The van der Waals surface area contributed by atoms with E-state index in [1.54, 1.807) is 0 Å². The smallest absolute Gasteiger partial charge is 0.407 e. The lowest BCUT2D eigenvalue weighted by atomic mass is 9.98. The van der Waals surface area contributed by atoms with Gasteiger partial charge in [-0.2, -0.15) is 0 Å². The first kappa shape index (κ1) is 19.6. The number of benzene rings is 3. The molecule has 5 rings (SSSR count). The zero-order valence-electron chi connectivity index (χ0n) is 16.8. The Morgan fingerprint density at radius 1 is 1.00 bits per heavy atom. The second kappa shape index (κ2) is 8.44. The zero-order valence-corrected chi connectivity index (χ0v) is 18.4. The summed E-state index contributed by atoms with van der Waals surface area (Å²) in [6.45, 7) is 0.715. The van der Waals surface area contributed by atoms with Crippen LogP contribution in [0.2, 0.25) is 0 Å². The van der Waals surface area contributed by atoms with Gasteiger partial charge in [0.25, 0.3) is 0 Å². The highest BCUT2D eigenvalue weighted by molar-refractivity contribution is 9.10. The number of carbonyl (C=O) groups excluding carboxylic acids is 1. The second-order valence-corrected chi connectivity index (χ2v) is 8.37. The number of hydrogen-bond acceptors (Lipinski definition) is 2. The number of H-pyrrole nitrogens is 1. The summed E-state index contributed by atoms with van der Waals surface area (Å²) in [7, 11) is 0. The van der Waals surface area contributed by atoms with Gasteiger partial charge in [-0.15, -0.1) is 0 Å². The minimum absolute atomic E-state index is 0.0669. The Bertz CT molecular complexity index is 1250. The molecule has 0 bridgehead atoms. The summed E-state index contributed by atoms with van der Waals surface area (Å²) in [4.78, 5) is 15.5. The van der Waals surface area contributed by atoms with Crippen molar-refractivity contribution < 1.29 is 9.53 Å². The SMILES string of the molecule is O=C(NCC=Cc1c[nH]c2cccc(Br)c12)OCC1c2ccccc2-c2ccccc21. The highest BCUT2D eigenvalue weighted by Gasteiger charge is 2.28. The number of nitrogens with one attached hydrogen (secondary N) is 2. The van der Waals surface area contributed by atoms with Crippen LogP contribution in [0.1, 0.15) is 22.6 Å². The highest BCUT2D eigenvalue weighted by atomic mass is 79.9. The molecule has 154 valence electrons. The molecule has 0 spiro atoms. The predicted molar refractivity (Wildman–Crippen MR) is 128 cm³/mol. The molecule has 4 nitrogen and oxygen atoms in total. The number of amides is 1. The van der Waals surface area contributed by atoms with E-state index >= 15 is 0 Å². The molecule has 1 heterocycles. The fraction of sp³-hybridized carbons (Fsp3) is 0.115. The lowest BCUT2D eigenvalue weighted by molar-refractivity contribution is 0.144.